The van der Waals surface area contributed by atoms with Gasteiger partial charge in [-0.05, 0) is 12.5 Å². The van der Waals surface area contributed by atoms with Crippen LogP contribution in [0.1, 0.15) is 19.4 Å². The zero-order valence-electron chi connectivity index (χ0n) is 8.95. The fraction of sp³-hybridized carbons (Fsp3) is 0.600. The van der Waals surface area contributed by atoms with Crippen LogP contribution >= 0.6 is 0 Å². The van der Waals surface area contributed by atoms with E-state index in [1.807, 2.05) is 6.92 Å². The van der Waals surface area contributed by atoms with E-state index in [1.165, 1.54) is 0 Å². The van der Waals surface area contributed by atoms with Crippen molar-refractivity contribution in [3.8, 4) is 6.01 Å². The summed E-state index contributed by atoms with van der Waals surface area (Å²) in [5.74, 6) is 0. The van der Waals surface area contributed by atoms with Gasteiger partial charge in [-0.15, -0.1) is 0 Å². The second-order valence-corrected chi connectivity index (χ2v) is 3.50. The molecule has 0 aliphatic rings. The van der Waals surface area contributed by atoms with Gasteiger partial charge in [-0.2, -0.15) is 0 Å². The lowest BCUT2D eigenvalue weighted by Gasteiger charge is -2.08. The summed E-state index contributed by atoms with van der Waals surface area (Å²) < 4.78 is 5.33. The molecule has 78 valence electrons. The first-order valence-corrected chi connectivity index (χ1v) is 4.83. The van der Waals surface area contributed by atoms with Crippen LogP contribution in [0.15, 0.2) is 12.4 Å². The van der Waals surface area contributed by atoms with E-state index in [1.54, 1.807) is 12.4 Å². The fourth-order valence-electron chi connectivity index (χ4n) is 0.945. The molecule has 1 rings (SSSR count). The number of ether oxygens (including phenoxy) is 1. The van der Waals surface area contributed by atoms with Crippen molar-refractivity contribution in [1.82, 2.24) is 15.3 Å². The molecule has 0 atom stereocenters. The number of aromatic nitrogens is 2. The first kappa shape index (κ1) is 10.9. The molecule has 0 fully saturated rings. The van der Waals surface area contributed by atoms with Gasteiger partial charge in [0.2, 0.25) is 0 Å². The quantitative estimate of drug-likeness (QED) is 0.716. The highest BCUT2D eigenvalue weighted by Gasteiger charge is 1.96. The summed E-state index contributed by atoms with van der Waals surface area (Å²) in [4.78, 5) is 8.07. The van der Waals surface area contributed by atoms with Crippen LogP contribution in [-0.2, 0) is 0 Å². The first-order chi connectivity index (χ1) is 6.68. The molecule has 1 heterocycles. The van der Waals surface area contributed by atoms with E-state index in [0.717, 1.165) is 12.1 Å². The van der Waals surface area contributed by atoms with Crippen molar-refractivity contribution in [3.05, 3.63) is 18.0 Å². The average molecular weight is 195 g/mol. The summed E-state index contributed by atoms with van der Waals surface area (Å²) in [6.45, 7) is 7.56. The van der Waals surface area contributed by atoms with Gasteiger partial charge in [0.05, 0.1) is 0 Å². The molecule has 0 aromatic carbocycles. The van der Waals surface area contributed by atoms with Gasteiger partial charge < -0.3 is 10.1 Å². The van der Waals surface area contributed by atoms with Crippen LogP contribution in [0.5, 0.6) is 6.01 Å². The summed E-state index contributed by atoms with van der Waals surface area (Å²) >= 11 is 0. The van der Waals surface area contributed by atoms with Gasteiger partial charge in [0.1, 0.15) is 6.61 Å². The van der Waals surface area contributed by atoms with Crippen LogP contribution in [0.25, 0.3) is 0 Å². The lowest BCUT2D eigenvalue weighted by atomic mass is 10.4. The van der Waals surface area contributed by atoms with Crippen molar-refractivity contribution < 1.29 is 4.74 Å². The molecule has 0 unspecified atom stereocenters. The third kappa shape index (κ3) is 4.18. The van der Waals surface area contributed by atoms with Crippen LogP contribution < -0.4 is 10.1 Å². The normalized spacial score (nSPS) is 10.6. The minimum atomic E-state index is 0.446. The Labute approximate surface area is 84.7 Å². The zero-order valence-corrected chi connectivity index (χ0v) is 8.95. The summed E-state index contributed by atoms with van der Waals surface area (Å²) in [5.41, 5.74) is 1.04. The summed E-state index contributed by atoms with van der Waals surface area (Å²) in [6, 6.07) is 0.929. The average Bonchev–Trinajstić information content (AvgIpc) is 2.15. The number of nitrogens with one attached hydrogen (secondary N) is 1. The van der Waals surface area contributed by atoms with Crippen molar-refractivity contribution in [2.75, 3.05) is 13.2 Å². The van der Waals surface area contributed by atoms with Gasteiger partial charge in [-0.3, -0.25) is 0 Å². The molecular weight excluding hydrogens is 178 g/mol. The molecule has 0 saturated carbocycles. The number of hydrogen-bond donors (Lipinski definition) is 1. The van der Waals surface area contributed by atoms with Crippen molar-refractivity contribution in [1.29, 1.82) is 0 Å². The molecule has 1 N–H and O–H groups in total. The maximum atomic E-state index is 5.33. The van der Waals surface area contributed by atoms with Crippen molar-refractivity contribution in [3.63, 3.8) is 0 Å². The van der Waals surface area contributed by atoms with Crippen molar-refractivity contribution in [2.24, 2.45) is 0 Å². The molecule has 0 saturated heterocycles. The lowest BCUT2D eigenvalue weighted by Crippen LogP contribution is -2.27. The predicted octanol–water partition coefficient (Wildman–Crippen LogP) is 1.16. The second-order valence-electron chi connectivity index (χ2n) is 3.50. The van der Waals surface area contributed by atoms with Crippen molar-refractivity contribution in [2.45, 2.75) is 26.8 Å². The van der Waals surface area contributed by atoms with Gasteiger partial charge >= 0.3 is 6.01 Å². The maximum absolute atomic E-state index is 5.33. The van der Waals surface area contributed by atoms with Gasteiger partial charge in [0.25, 0.3) is 0 Å². The van der Waals surface area contributed by atoms with Gasteiger partial charge in [0.15, 0.2) is 0 Å². The molecule has 0 bridgehead atoms. The minimum Gasteiger partial charge on any atom is -0.462 e. The van der Waals surface area contributed by atoms with Crippen LogP contribution in [0, 0.1) is 6.92 Å². The third-order valence-corrected chi connectivity index (χ3v) is 1.64. The Bertz CT molecular complexity index is 259. The Balaban J connectivity index is 2.21. The molecule has 4 heteroatoms. The third-order valence-electron chi connectivity index (χ3n) is 1.64. The topological polar surface area (TPSA) is 47.0 Å². The largest absolute Gasteiger partial charge is 0.462 e. The zero-order chi connectivity index (χ0) is 10.4. The van der Waals surface area contributed by atoms with E-state index in [9.17, 15) is 0 Å². The Morgan fingerprint density at radius 2 is 2.00 bits per heavy atom. The summed E-state index contributed by atoms with van der Waals surface area (Å²) in [6.07, 6.45) is 3.50. The molecule has 0 spiro atoms. The van der Waals surface area contributed by atoms with Crippen LogP contribution in [0.2, 0.25) is 0 Å². The van der Waals surface area contributed by atoms with E-state index in [0.29, 0.717) is 18.7 Å². The van der Waals surface area contributed by atoms with Gasteiger partial charge in [0, 0.05) is 25.0 Å². The highest BCUT2D eigenvalue weighted by atomic mass is 16.5. The molecule has 0 amide bonds. The summed E-state index contributed by atoms with van der Waals surface area (Å²) in [7, 11) is 0. The van der Waals surface area contributed by atoms with Gasteiger partial charge in [-0.1, -0.05) is 13.8 Å². The molecular formula is C10H17N3O. The maximum Gasteiger partial charge on any atom is 0.316 e. The predicted molar refractivity (Wildman–Crippen MR) is 55.4 cm³/mol. The molecule has 14 heavy (non-hydrogen) atoms. The van der Waals surface area contributed by atoms with E-state index in [4.69, 9.17) is 4.74 Å². The fourth-order valence-corrected chi connectivity index (χ4v) is 0.945. The Morgan fingerprint density at radius 1 is 1.36 bits per heavy atom. The number of hydrogen-bond acceptors (Lipinski definition) is 4. The molecule has 4 nitrogen and oxygen atoms in total. The molecule has 0 aliphatic carbocycles. The van der Waals surface area contributed by atoms with Crippen LogP contribution in [-0.4, -0.2) is 29.2 Å². The van der Waals surface area contributed by atoms with E-state index in [-0.39, 0.29) is 0 Å². The van der Waals surface area contributed by atoms with Crippen molar-refractivity contribution >= 4 is 0 Å². The monoisotopic (exact) mass is 195 g/mol. The minimum absolute atomic E-state index is 0.446. The highest BCUT2D eigenvalue weighted by Crippen LogP contribution is 2.00. The van der Waals surface area contributed by atoms with Crippen LogP contribution in [0.3, 0.4) is 0 Å². The number of nitrogens with zero attached hydrogens (tertiary/aromatic N) is 2. The number of aryl methyl sites for hydroxylation is 1. The highest BCUT2D eigenvalue weighted by molar-refractivity contribution is 5.04. The Morgan fingerprint density at radius 3 is 2.57 bits per heavy atom. The Hall–Kier alpha value is -1.16. The molecule has 1 aromatic rings. The lowest BCUT2D eigenvalue weighted by molar-refractivity contribution is 0.285. The van der Waals surface area contributed by atoms with Gasteiger partial charge in [-0.25, -0.2) is 9.97 Å². The Kier molecular flexibility index (Phi) is 4.32. The van der Waals surface area contributed by atoms with E-state index >= 15 is 0 Å². The van der Waals surface area contributed by atoms with Crippen LogP contribution in [0.4, 0.5) is 0 Å². The molecule has 1 aromatic heterocycles. The molecule has 0 radical (unpaired) electrons. The molecule has 0 aliphatic heterocycles. The SMILES string of the molecule is Cc1cnc(OCCNC(C)C)nc1. The van der Waals surface area contributed by atoms with E-state index < -0.39 is 0 Å². The second kappa shape index (κ2) is 5.54. The smallest absolute Gasteiger partial charge is 0.316 e. The standard InChI is InChI=1S/C10H17N3O/c1-8(2)11-4-5-14-10-12-6-9(3)7-13-10/h6-8,11H,4-5H2,1-3H3. The van der Waals surface area contributed by atoms with E-state index in [2.05, 4.69) is 29.1 Å². The summed E-state index contributed by atoms with van der Waals surface area (Å²) in [5, 5.41) is 3.25. The first-order valence-electron chi connectivity index (χ1n) is 4.83. The number of rotatable bonds is 5.